The van der Waals surface area contributed by atoms with E-state index in [1.807, 2.05) is 13.8 Å². The van der Waals surface area contributed by atoms with Gasteiger partial charge in [-0.15, -0.1) is 0 Å². The zero-order chi connectivity index (χ0) is 17.6. The van der Waals surface area contributed by atoms with Crippen molar-refractivity contribution in [2.75, 3.05) is 27.4 Å². The van der Waals surface area contributed by atoms with Crippen molar-refractivity contribution < 1.29 is 33.3 Å². The van der Waals surface area contributed by atoms with Gasteiger partial charge in [0.15, 0.2) is 0 Å². The zero-order valence-electron chi connectivity index (χ0n) is 14.2. The summed E-state index contributed by atoms with van der Waals surface area (Å²) in [5.41, 5.74) is -1.58. The summed E-state index contributed by atoms with van der Waals surface area (Å²) in [4.78, 5) is 36.7. The third-order valence-corrected chi connectivity index (χ3v) is 3.71. The van der Waals surface area contributed by atoms with Gasteiger partial charge in [-0.3, -0.25) is 9.59 Å². The highest BCUT2D eigenvalue weighted by Crippen LogP contribution is 2.44. The smallest absolute Gasteiger partial charge is 0.330 e. The van der Waals surface area contributed by atoms with Crippen LogP contribution >= 0.6 is 0 Å². The van der Waals surface area contributed by atoms with Gasteiger partial charge in [0.2, 0.25) is 5.41 Å². The summed E-state index contributed by atoms with van der Waals surface area (Å²) in [6.45, 7) is 5.69. The van der Waals surface area contributed by atoms with Gasteiger partial charge in [0.1, 0.15) is 0 Å². The number of carbonyl (C=O) groups is 3. The van der Waals surface area contributed by atoms with Crippen molar-refractivity contribution in [1.29, 1.82) is 0 Å². The lowest BCUT2D eigenvalue weighted by Gasteiger charge is -2.30. The number of methoxy groups -OCH3 is 2. The van der Waals surface area contributed by atoms with E-state index in [1.165, 1.54) is 14.2 Å². The molecule has 1 aliphatic heterocycles. The Labute approximate surface area is 135 Å². The summed E-state index contributed by atoms with van der Waals surface area (Å²) in [6.07, 6.45) is 0.797. The lowest BCUT2D eigenvalue weighted by atomic mass is 9.74. The van der Waals surface area contributed by atoms with E-state index in [9.17, 15) is 14.4 Å². The van der Waals surface area contributed by atoms with Gasteiger partial charge in [0.25, 0.3) is 0 Å². The van der Waals surface area contributed by atoms with Crippen molar-refractivity contribution in [3.8, 4) is 0 Å². The SMILES string of the molecule is CCOC(=O)/C=C1\COC(CC(C)C)C1(C(=O)OC)C(=O)OC. The van der Waals surface area contributed by atoms with Crippen molar-refractivity contribution in [1.82, 2.24) is 0 Å². The van der Waals surface area contributed by atoms with E-state index in [0.29, 0.717) is 6.42 Å². The predicted molar refractivity (Wildman–Crippen MR) is 80.4 cm³/mol. The molecule has 7 heteroatoms. The van der Waals surface area contributed by atoms with E-state index in [4.69, 9.17) is 18.9 Å². The lowest BCUT2D eigenvalue weighted by Crippen LogP contribution is -2.49. The van der Waals surface area contributed by atoms with Crippen LogP contribution in [0.25, 0.3) is 0 Å². The fourth-order valence-corrected chi connectivity index (χ4v) is 2.72. The van der Waals surface area contributed by atoms with Crippen LogP contribution in [0.4, 0.5) is 0 Å². The first kappa shape index (κ1) is 19.2. The predicted octanol–water partition coefficient (Wildman–Crippen LogP) is 1.25. The molecule has 0 aromatic rings. The molecule has 7 nitrogen and oxygen atoms in total. The van der Waals surface area contributed by atoms with Crippen LogP contribution in [0.2, 0.25) is 0 Å². The number of carbonyl (C=O) groups excluding carboxylic acids is 3. The number of ether oxygens (including phenoxy) is 4. The first-order valence-electron chi connectivity index (χ1n) is 7.50. The van der Waals surface area contributed by atoms with Crippen LogP contribution in [-0.2, 0) is 33.3 Å². The van der Waals surface area contributed by atoms with Crippen LogP contribution in [0.15, 0.2) is 11.6 Å². The molecule has 1 atom stereocenters. The Bertz CT molecular complexity index is 477. The molecule has 1 heterocycles. The summed E-state index contributed by atoms with van der Waals surface area (Å²) in [5.74, 6) is -2.09. The second-order valence-electron chi connectivity index (χ2n) is 5.64. The fourth-order valence-electron chi connectivity index (χ4n) is 2.72. The summed E-state index contributed by atoms with van der Waals surface area (Å²) in [5, 5.41) is 0. The maximum atomic E-state index is 12.5. The summed E-state index contributed by atoms with van der Waals surface area (Å²) >= 11 is 0. The molecule has 23 heavy (non-hydrogen) atoms. The van der Waals surface area contributed by atoms with E-state index < -0.39 is 29.4 Å². The highest BCUT2D eigenvalue weighted by Gasteiger charge is 2.61. The van der Waals surface area contributed by atoms with Gasteiger partial charge in [-0.25, -0.2) is 4.79 Å². The van der Waals surface area contributed by atoms with Crippen LogP contribution in [0.1, 0.15) is 27.2 Å². The molecule has 1 unspecified atom stereocenters. The summed E-state index contributed by atoms with van der Waals surface area (Å²) < 4.78 is 20.2. The zero-order valence-corrected chi connectivity index (χ0v) is 14.2. The van der Waals surface area contributed by atoms with E-state index in [0.717, 1.165) is 6.08 Å². The maximum Gasteiger partial charge on any atom is 0.330 e. The molecule has 0 bridgehead atoms. The monoisotopic (exact) mass is 328 g/mol. The highest BCUT2D eigenvalue weighted by atomic mass is 16.6. The van der Waals surface area contributed by atoms with E-state index >= 15 is 0 Å². The van der Waals surface area contributed by atoms with Crippen molar-refractivity contribution in [2.24, 2.45) is 11.3 Å². The Hall–Kier alpha value is -1.89. The number of rotatable bonds is 6. The summed E-state index contributed by atoms with van der Waals surface area (Å²) in [7, 11) is 2.36. The Balaban J connectivity index is 3.41. The minimum Gasteiger partial charge on any atom is -0.468 e. The van der Waals surface area contributed by atoms with Crippen LogP contribution in [0, 0.1) is 11.3 Å². The van der Waals surface area contributed by atoms with Gasteiger partial charge >= 0.3 is 17.9 Å². The molecule has 0 radical (unpaired) electrons. The fraction of sp³-hybridized carbons (Fsp3) is 0.688. The molecular weight excluding hydrogens is 304 g/mol. The van der Waals surface area contributed by atoms with Crippen LogP contribution < -0.4 is 0 Å². The second kappa shape index (κ2) is 8.10. The molecular formula is C16H24O7. The van der Waals surface area contributed by atoms with Crippen LogP contribution in [0.3, 0.4) is 0 Å². The molecule has 0 aliphatic carbocycles. The molecule has 0 N–H and O–H groups in total. The third-order valence-electron chi connectivity index (χ3n) is 3.71. The number of hydrogen-bond acceptors (Lipinski definition) is 7. The maximum absolute atomic E-state index is 12.5. The van der Waals surface area contributed by atoms with Crippen LogP contribution in [0.5, 0.6) is 0 Å². The molecule has 1 rings (SSSR count). The van der Waals surface area contributed by atoms with Gasteiger partial charge in [-0.2, -0.15) is 0 Å². The summed E-state index contributed by atoms with van der Waals surface area (Å²) in [6, 6.07) is 0. The van der Waals surface area contributed by atoms with Gasteiger partial charge in [0, 0.05) is 6.08 Å². The van der Waals surface area contributed by atoms with E-state index in [-0.39, 0.29) is 24.7 Å². The standard InChI is InChI=1S/C16H24O7/c1-6-22-13(17)8-11-9-23-12(7-10(2)3)16(11,14(18)20-4)15(19)21-5/h8,10,12H,6-7,9H2,1-5H3/b11-8+. The first-order chi connectivity index (χ1) is 10.8. The first-order valence-corrected chi connectivity index (χ1v) is 7.50. The average molecular weight is 328 g/mol. The molecule has 0 saturated carbocycles. The van der Waals surface area contributed by atoms with Gasteiger partial charge in [-0.1, -0.05) is 13.8 Å². The minimum absolute atomic E-state index is 0.0413. The molecule has 0 aromatic heterocycles. The second-order valence-corrected chi connectivity index (χ2v) is 5.64. The number of hydrogen-bond donors (Lipinski definition) is 0. The Morgan fingerprint density at radius 3 is 2.26 bits per heavy atom. The normalized spacial score (nSPS) is 21.3. The minimum atomic E-state index is -1.78. The van der Waals surface area contributed by atoms with Crippen molar-refractivity contribution in [3.63, 3.8) is 0 Å². The molecule has 0 aromatic carbocycles. The topological polar surface area (TPSA) is 88.1 Å². The van der Waals surface area contributed by atoms with Crippen molar-refractivity contribution >= 4 is 17.9 Å². The van der Waals surface area contributed by atoms with Crippen molar-refractivity contribution in [3.05, 3.63) is 11.6 Å². The molecule has 1 saturated heterocycles. The molecule has 0 amide bonds. The lowest BCUT2D eigenvalue weighted by molar-refractivity contribution is -0.171. The molecule has 0 spiro atoms. The molecule has 1 aliphatic rings. The largest absolute Gasteiger partial charge is 0.468 e. The molecule has 130 valence electrons. The Morgan fingerprint density at radius 2 is 1.83 bits per heavy atom. The third kappa shape index (κ3) is 3.72. The van der Waals surface area contributed by atoms with E-state index in [2.05, 4.69) is 0 Å². The Kier molecular flexibility index (Phi) is 6.75. The Morgan fingerprint density at radius 1 is 1.26 bits per heavy atom. The average Bonchev–Trinajstić information content (AvgIpc) is 2.84. The van der Waals surface area contributed by atoms with Gasteiger partial charge < -0.3 is 18.9 Å². The van der Waals surface area contributed by atoms with Crippen LogP contribution in [-0.4, -0.2) is 51.4 Å². The number of esters is 3. The molecule has 1 fully saturated rings. The highest BCUT2D eigenvalue weighted by molar-refractivity contribution is 6.06. The van der Waals surface area contributed by atoms with Gasteiger partial charge in [0.05, 0.1) is 33.5 Å². The van der Waals surface area contributed by atoms with Gasteiger partial charge in [-0.05, 0) is 24.8 Å². The van der Waals surface area contributed by atoms with E-state index in [1.54, 1.807) is 6.92 Å². The van der Waals surface area contributed by atoms with Crippen molar-refractivity contribution in [2.45, 2.75) is 33.3 Å². The quantitative estimate of drug-likeness (QED) is 0.314.